The van der Waals surface area contributed by atoms with E-state index in [1.54, 1.807) is 0 Å². The van der Waals surface area contributed by atoms with Crippen molar-refractivity contribution in [2.24, 2.45) is 11.7 Å². The standard InChI is InChI=1S/C8H17NO3S/c9-4-1-5-13(10,11)7-12-6-8-2-3-8/h8H,1-7,9H2. The van der Waals surface area contributed by atoms with Gasteiger partial charge in [0.05, 0.1) is 12.4 Å². The molecule has 0 atom stereocenters. The van der Waals surface area contributed by atoms with E-state index in [2.05, 4.69) is 0 Å². The van der Waals surface area contributed by atoms with Gasteiger partial charge >= 0.3 is 0 Å². The smallest absolute Gasteiger partial charge is 0.174 e. The van der Waals surface area contributed by atoms with E-state index in [4.69, 9.17) is 10.5 Å². The van der Waals surface area contributed by atoms with Crippen LogP contribution in [0.2, 0.25) is 0 Å². The molecule has 0 heterocycles. The highest BCUT2D eigenvalue weighted by Crippen LogP contribution is 2.28. The molecule has 1 rings (SSSR count). The summed E-state index contributed by atoms with van der Waals surface area (Å²) in [5, 5.41) is 0. The number of sulfone groups is 1. The molecule has 0 spiro atoms. The average molecular weight is 207 g/mol. The van der Waals surface area contributed by atoms with E-state index in [1.165, 1.54) is 12.8 Å². The molecule has 0 saturated heterocycles. The molecule has 0 bridgehead atoms. The highest BCUT2D eigenvalue weighted by atomic mass is 32.2. The molecular weight excluding hydrogens is 190 g/mol. The Morgan fingerprint density at radius 3 is 2.62 bits per heavy atom. The average Bonchev–Trinajstić information content (AvgIpc) is 2.84. The Hall–Kier alpha value is -0.130. The summed E-state index contributed by atoms with van der Waals surface area (Å²) in [5.41, 5.74) is 5.22. The Kier molecular flexibility index (Phi) is 4.15. The van der Waals surface area contributed by atoms with E-state index in [1.807, 2.05) is 0 Å². The van der Waals surface area contributed by atoms with Gasteiger partial charge in [-0.1, -0.05) is 0 Å². The molecule has 0 aromatic carbocycles. The van der Waals surface area contributed by atoms with Crippen LogP contribution in [0.4, 0.5) is 0 Å². The fourth-order valence-electron chi connectivity index (χ4n) is 0.988. The van der Waals surface area contributed by atoms with Gasteiger partial charge in [-0.25, -0.2) is 8.42 Å². The van der Waals surface area contributed by atoms with Crippen molar-refractivity contribution in [2.45, 2.75) is 19.3 Å². The first kappa shape index (κ1) is 10.9. The second kappa shape index (κ2) is 4.93. The molecule has 1 fully saturated rings. The molecule has 0 unspecified atom stereocenters. The summed E-state index contributed by atoms with van der Waals surface area (Å²) < 4.78 is 27.5. The third kappa shape index (κ3) is 5.23. The second-order valence-corrected chi connectivity index (χ2v) is 5.65. The van der Waals surface area contributed by atoms with Crippen LogP contribution in [0.5, 0.6) is 0 Å². The van der Waals surface area contributed by atoms with Crippen LogP contribution in [0.1, 0.15) is 19.3 Å². The van der Waals surface area contributed by atoms with E-state index in [9.17, 15) is 8.42 Å². The first-order chi connectivity index (χ1) is 6.14. The Morgan fingerprint density at radius 1 is 1.38 bits per heavy atom. The molecule has 1 aliphatic rings. The maximum absolute atomic E-state index is 11.2. The molecule has 0 amide bonds. The van der Waals surface area contributed by atoms with Gasteiger partial charge in [0.1, 0.15) is 5.94 Å². The van der Waals surface area contributed by atoms with Crippen molar-refractivity contribution in [1.29, 1.82) is 0 Å². The lowest BCUT2D eigenvalue weighted by Crippen LogP contribution is -2.17. The molecule has 1 aliphatic carbocycles. The minimum Gasteiger partial charge on any atom is -0.365 e. The van der Waals surface area contributed by atoms with Gasteiger partial charge in [-0.15, -0.1) is 0 Å². The second-order valence-electron chi connectivity index (χ2n) is 3.52. The lowest BCUT2D eigenvalue weighted by atomic mass is 10.5. The fraction of sp³-hybridized carbons (Fsp3) is 1.00. The van der Waals surface area contributed by atoms with Gasteiger partial charge in [-0.3, -0.25) is 0 Å². The SMILES string of the molecule is NCCCS(=O)(=O)COCC1CC1. The number of hydrogen-bond donors (Lipinski definition) is 1. The predicted octanol–water partition coefficient (Wildman–Crippen LogP) is 0.134. The summed E-state index contributed by atoms with van der Waals surface area (Å²) in [7, 11) is -3.01. The van der Waals surface area contributed by atoms with Crippen molar-refractivity contribution in [3.63, 3.8) is 0 Å². The molecular formula is C8H17NO3S. The summed E-state index contributed by atoms with van der Waals surface area (Å²) in [6.45, 7) is 1.02. The third-order valence-corrected chi connectivity index (χ3v) is 3.41. The highest BCUT2D eigenvalue weighted by Gasteiger charge is 2.22. The molecule has 13 heavy (non-hydrogen) atoms. The van der Waals surface area contributed by atoms with Gasteiger partial charge in [-0.2, -0.15) is 0 Å². The number of nitrogens with two attached hydrogens (primary N) is 1. The van der Waals surface area contributed by atoms with Crippen molar-refractivity contribution in [1.82, 2.24) is 0 Å². The van der Waals surface area contributed by atoms with Gasteiger partial charge in [0.2, 0.25) is 0 Å². The minimum absolute atomic E-state index is 0.135. The Morgan fingerprint density at radius 2 is 2.08 bits per heavy atom. The van der Waals surface area contributed by atoms with Gasteiger partial charge in [-0.05, 0) is 31.7 Å². The summed E-state index contributed by atoms with van der Waals surface area (Å²) >= 11 is 0. The lowest BCUT2D eigenvalue weighted by Gasteiger charge is -2.03. The van der Waals surface area contributed by atoms with Gasteiger partial charge < -0.3 is 10.5 Å². The van der Waals surface area contributed by atoms with E-state index in [0.717, 1.165) is 0 Å². The zero-order chi connectivity index (χ0) is 9.73. The lowest BCUT2D eigenvalue weighted by molar-refractivity contribution is 0.165. The number of ether oxygens (including phenoxy) is 1. The van der Waals surface area contributed by atoms with Crippen LogP contribution in [0, 0.1) is 5.92 Å². The number of hydrogen-bond acceptors (Lipinski definition) is 4. The van der Waals surface area contributed by atoms with E-state index in [-0.39, 0.29) is 11.7 Å². The predicted molar refractivity (Wildman–Crippen MR) is 51.0 cm³/mol. The minimum atomic E-state index is -3.01. The van der Waals surface area contributed by atoms with Crippen molar-refractivity contribution in [3.8, 4) is 0 Å². The topological polar surface area (TPSA) is 69.4 Å². The Balaban J connectivity index is 2.09. The molecule has 0 aromatic heterocycles. The fourth-order valence-corrected chi connectivity index (χ4v) is 2.06. The molecule has 0 aromatic rings. The van der Waals surface area contributed by atoms with Crippen LogP contribution in [0.15, 0.2) is 0 Å². The summed E-state index contributed by atoms with van der Waals surface area (Å²) in [6, 6.07) is 0. The normalized spacial score (nSPS) is 17.6. The van der Waals surface area contributed by atoms with Gasteiger partial charge in [0.25, 0.3) is 0 Å². The molecule has 0 radical (unpaired) electrons. The molecule has 1 saturated carbocycles. The Bertz CT molecular complexity index is 234. The molecule has 2 N–H and O–H groups in total. The first-order valence-electron chi connectivity index (χ1n) is 4.62. The van der Waals surface area contributed by atoms with E-state index >= 15 is 0 Å². The monoisotopic (exact) mass is 207 g/mol. The van der Waals surface area contributed by atoms with Crippen molar-refractivity contribution < 1.29 is 13.2 Å². The summed E-state index contributed by atoms with van der Waals surface area (Å²) in [5.74, 6) is 0.627. The first-order valence-corrected chi connectivity index (χ1v) is 6.44. The zero-order valence-electron chi connectivity index (χ0n) is 7.74. The van der Waals surface area contributed by atoms with Crippen LogP contribution in [0.25, 0.3) is 0 Å². The van der Waals surface area contributed by atoms with Crippen LogP contribution in [-0.2, 0) is 14.6 Å². The van der Waals surface area contributed by atoms with E-state index in [0.29, 0.717) is 25.5 Å². The van der Waals surface area contributed by atoms with Gasteiger partial charge in [0, 0.05) is 0 Å². The molecule has 0 aliphatic heterocycles. The maximum Gasteiger partial charge on any atom is 0.174 e. The largest absolute Gasteiger partial charge is 0.365 e. The molecule has 5 heteroatoms. The Labute approximate surface area is 79.4 Å². The summed E-state index contributed by atoms with van der Waals surface area (Å²) in [6.07, 6.45) is 2.89. The van der Waals surface area contributed by atoms with Crippen LogP contribution < -0.4 is 5.73 Å². The third-order valence-electron chi connectivity index (χ3n) is 1.97. The summed E-state index contributed by atoms with van der Waals surface area (Å²) in [4.78, 5) is 0. The van der Waals surface area contributed by atoms with Crippen molar-refractivity contribution >= 4 is 9.84 Å². The van der Waals surface area contributed by atoms with E-state index < -0.39 is 9.84 Å². The molecule has 4 nitrogen and oxygen atoms in total. The van der Waals surface area contributed by atoms with Crippen LogP contribution in [0.3, 0.4) is 0 Å². The number of rotatable bonds is 7. The van der Waals surface area contributed by atoms with Crippen molar-refractivity contribution in [3.05, 3.63) is 0 Å². The van der Waals surface area contributed by atoms with Crippen LogP contribution >= 0.6 is 0 Å². The van der Waals surface area contributed by atoms with Crippen molar-refractivity contribution in [2.75, 3.05) is 24.8 Å². The maximum atomic E-state index is 11.2. The zero-order valence-corrected chi connectivity index (χ0v) is 8.55. The molecule has 78 valence electrons. The van der Waals surface area contributed by atoms with Crippen LogP contribution in [-0.4, -0.2) is 33.3 Å². The van der Waals surface area contributed by atoms with Gasteiger partial charge in [0.15, 0.2) is 9.84 Å². The quantitative estimate of drug-likeness (QED) is 0.644. The highest BCUT2D eigenvalue weighted by molar-refractivity contribution is 7.91.